The fraction of sp³-hybridized carbons (Fsp3) is 0.278. The second-order valence-electron chi connectivity index (χ2n) is 5.33. The topological polar surface area (TPSA) is 29.5 Å². The number of ether oxygens (including phenoxy) is 1. The SMILES string of the molecule is CN(CCCCOc1ccc(Cl)cc1)C(=O)c1c(F)cccc1Cl. The predicted molar refractivity (Wildman–Crippen MR) is 94.6 cm³/mol. The van der Waals surface area contributed by atoms with Crippen molar-refractivity contribution in [1.29, 1.82) is 0 Å². The number of unbranched alkanes of at least 4 members (excludes halogenated alkanes) is 1. The van der Waals surface area contributed by atoms with E-state index in [1.54, 1.807) is 31.3 Å². The summed E-state index contributed by atoms with van der Waals surface area (Å²) in [5.41, 5.74) is -0.0842. The van der Waals surface area contributed by atoms with Crippen molar-refractivity contribution in [1.82, 2.24) is 4.90 Å². The lowest BCUT2D eigenvalue weighted by atomic mass is 10.2. The maximum absolute atomic E-state index is 13.8. The molecule has 2 aromatic carbocycles. The van der Waals surface area contributed by atoms with Crippen LogP contribution < -0.4 is 4.74 Å². The van der Waals surface area contributed by atoms with Crippen molar-refractivity contribution in [3.05, 3.63) is 63.9 Å². The Morgan fingerprint density at radius 1 is 1.12 bits per heavy atom. The Kier molecular flexibility index (Phi) is 6.88. The van der Waals surface area contributed by atoms with Crippen LogP contribution in [0.15, 0.2) is 42.5 Å². The zero-order valence-electron chi connectivity index (χ0n) is 13.3. The van der Waals surface area contributed by atoms with Crippen LogP contribution >= 0.6 is 23.2 Å². The molecule has 0 heterocycles. The molecule has 0 bridgehead atoms. The third-order valence-electron chi connectivity index (χ3n) is 3.49. The lowest BCUT2D eigenvalue weighted by Crippen LogP contribution is -2.29. The van der Waals surface area contributed by atoms with Crippen LogP contribution in [0.5, 0.6) is 5.75 Å². The quantitative estimate of drug-likeness (QED) is 0.638. The van der Waals surface area contributed by atoms with E-state index in [-0.39, 0.29) is 10.6 Å². The van der Waals surface area contributed by atoms with Crippen molar-refractivity contribution in [2.75, 3.05) is 20.2 Å². The smallest absolute Gasteiger partial charge is 0.258 e. The third kappa shape index (κ3) is 5.11. The fourth-order valence-electron chi connectivity index (χ4n) is 2.17. The van der Waals surface area contributed by atoms with E-state index in [1.807, 2.05) is 0 Å². The molecule has 0 saturated carbocycles. The minimum absolute atomic E-state index is 0.0842. The van der Waals surface area contributed by atoms with Gasteiger partial charge in [-0.3, -0.25) is 4.79 Å². The predicted octanol–water partition coefficient (Wildman–Crippen LogP) is 5.06. The van der Waals surface area contributed by atoms with Gasteiger partial charge in [-0.2, -0.15) is 0 Å². The van der Waals surface area contributed by atoms with Crippen molar-refractivity contribution in [2.45, 2.75) is 12.8 Å². The van der Waals surface area contributed by atoms with Crippen molar-refractivity contribution < 1.29 is 13.9 Å². The molecule has 0 saturated heterocycles. The molecule has 0 aliphatic carbocycles. The highest BCUT2D eigenvalue weighted by Gasteiger charge is 2.19. The van der Waals surface area contributed by atoms with Gasteiger partial charge in [0.05, 0.1) is 17.2 Å². The molecule has 0 N–H and O–H groups in total. The van der Waals surface area contributed by atoms with Crippen LogP contribution in [-0.2, 0) is 0 Å². The van der Waals surface area contributed by atoms with Gasteiger partial charge < -0.3 is 9.64 Å². The highest BCUT2D eigenvalue weighted by Crippen LogP contribution is 2.20. The average molecular weight is 370 g/mol. The Bertz CT molecular complexity index is 672. The Morgan fingerprint density at radius 2 is 1.83 bits per heavy atom. The van der Waals surface area contributed by atoms with Crippen LogP contribution in [0.2, 0.25) is 10.0 Å². The first kappa shape index (κ1) is 18.6. The van der Waals surface area contributed by atoms with Gasteiger partial charge in [0.2, 0.25) is 0 Å². The maximum atomic E-state index is 13.8. The lowest BCUT2D eigenvalue weighted by Gasteiger charge is -2.18. The molecular weight excluding hydrogens is 352 g/mol. The summed E-state index contributed by atoms with van der Waals surface area (Å²) >= 11 is 11.7. The number of halogens is 3. The number of hydrogen-bond acceptors (Lipinski definition) is 2. The molecule has 0 aliphatic rings. The highest BCUT2D eigenvalue weighted by molar-refractivity contribution is 6.33. The molecule has 0 atom stereocenters. The highest BCUT2D eigenvalue weighted by atomic mass is 35.5. The number of carbonyl (C=O) groups is 1. The monoisotopic (exact) mass is 369 g/mol. The summed E-state index contributed by atoms with van der Waals surface area (Å²) in [6, 6.07) is 11.3. The summed E-state index contributed by atoms with van der Waals surface area (Å²) in [4.78, 5) is 13.7. The number of benzene rings is 2. The number of rotatable bonds is 7. The van der Waals surface area contributed by atoms with E-state index in [2.05, 4.69) is 0 Å². The third-order valence-corrected chi connectivity index (χ3v) is 4.06. The second-order valence-corrected chi connectivity index (χ2v) is 6.18. The normalized spacial score (nSPS) is 10.5. The molecule has 0 fully saturated rings. The Labute approximate surface area is 150 Å². The van der Waals surface area contributed by atoms with Crippen molar-refractivity contribution in [3.8, 4) is 5.75 Å². The zero-order valence-corrected chi connectivity index (χ0v) is 14.8. The van der Waals surface area contributed by atoms with Gasteiger partial charge in [0.1, 0.15) is 11.6 Å². The van der Waals surface area contributed by atoms with E-state index >= 15 is 0 Å². The summed E-state index contributed by atoms with van der Waals surface area (Å²) in [6.07, 6.45) is 1.51. The van der Waals surface area contributed by atoms with Crippen molar-refractivity contribution in [3.63, 3.8) is 0 Å². The largest absolute Gasteiger partial charge is 0.494 e. The van der Waals surface area contributed by atoms with Crippen LogP contribution in [-0.4, -0.2) is 31.0 Å². The molecule has 0 unspecified atom stereocenters. The van der Waals surface area contributed by atoms with E-state index in [1.165, 1.54) is 23.1 Å². The maximum Gasteiger partial charge on any atom is 0.258 e. The Balaban J connectivity index is 1.75. The van der Waals surface area contributed by atoms with E-state index in [0.29, 0.717) is 18.2 Å². The second kappa shape index (κ2) is 8.90. The molecule has 3 nitrogen and oxygen atoms in total. The summed E-state index contributed by atoms with van der Waals surface area (Å²) in [6.45, 7) is 1.03. The Hall–Kier alpha value is -1.78. The van der Waals surface area contributed by atoms with Crippen LogP contribution in [0.3, 0.4) is 0 Å². The van der Waals surface area contributed by atoms with Crippen LogP contribution in [0.25, 0.3) is 0 Å². The van der Waals surface area contributed by atoms with Gasteiger partial charge in [-0.15, -0.1) is 0 Å². The molecule has 0 aromatic heterocycles. The molecule has 1 amide bonds. The molecule has 6 heteroatoms. The molecule has 128 valence electrons. The van der Waals surface area contributed by atoms with E-state index in [4.69, 9.17) is 27.9 Å². The number of amides is 1. The molecule has 24 heavy (non-hydrogen) atoms. The molecule has 2 aromatic rings. The molecule has 0 radical (unpaired) electrons. The molecule has 0 aliphatic heterocycles. The Morgan fingerprint density at radius 3 is 2.50 bits per heavy atom. The van der Waals surface area contributed by atoms with Gasteiger partial charge in [-0.05, 0) is 49.2 Å². The van der Waals surface area contributed by atoms with E-state index in [9.17, 15) is 9.18 Å². The summed E-state index contributed by atoms with van der Waals surface area (Å²) in [5, 5.41) is 0.784. The fourth-order valence-corrected chi connectivity index (χ4v) is 2.54. The number of carbonyl (C=O) groups excluding carboxylic acids is 1. The molecule has 0 spiro atoms. The number of hydrogen-bond donors (Lipinski definition) is 0. The lowest BCUT2D eigenvalue weighted by molar-refractivity contribution is 0.0786. The summed E-state index contributed by atoms with van der Waals surface area (Å²) < 4.78 is 19.3. The van der Waals surface area contributed by atoms with Gasteiger partial charge in [0.25, 0.3) is 5.91 Å². The van der Waals surface area contributed by atoms with E-state index < -0.39 is 11.7 Å². The first-order chi connectivity index (χ1) is 11.5. The van der Waals surface area contributed by atoms with Gasteiger partial charge in [-0.1, -0.05) is 29.3 Å². The minimum Gasteiger partial charge on any atom is -0.494 e. The standard InChI is InChI=1S/C18H18Cl2FNO2/c1-22(18(23)17-15(20)5-4-6-16(17)21)11-2-3-12-24-14-9-7-13(19)8-10-14/h4-10H,2-3,11-12H2,1H3. The molecule has 2 rings (SSSR count). The van der Waals surface area contributed by atoms with Crippen LogP contribution in [0.1, 0.15) is 23.2 Å². The van der Waals surface area contributed by atoms with Gasteiger partial charge >= 0.3 is 0 Å². The van der Waals surface area contributed by atoms with Crippen molar-refractivity contribution >= 4 is 29.1 Å². The van der Waals surface area contributed by atoms with Crippen molar-refractivity contribution in [2.24, 2.45) is 0 Å². The van der Waals surface area contributed by atoms with E-state index in [0.717, 1.165) is 18.6 Å². The van der Waals surface area contributed by atoms with Crippen LogP contribution in [0, 0.1) is 5.82 Å². The van der Waals surface area contributed by atoms with Gasteiger partial charge in [-0.25, -0.2) is 4.39 Å². The van der Waals surface area contributed by atoms with Gasteiger partial charge in [0, 0.05) is 18.6 Å². The summed E-state index contributed by atoms with van der Waals surface area (Å²) in [5.74, 6) is -0.274. The zero-order chi connectivity index (χ0) is 17.5. The summed E-state index contributed by atoms with van der Waals surface area (Å²) in [7, 11) is 1.63. The minimum atomic E-state index is -0.606. The molecular formula is C18H18Cl2FNO2. The van der Waals surface area contributed by atoms with Crippen LogP contribution in [0.4, 0.5) is 4.39 Å². The van der Waals surface area contributed by atoms with Gasteiger partial charge in [0.15, 0.2) is 0 Å². The first-order valence-electron chi connectivity index (χ1n) is 7.57. The number of nitrogens with zero attached hydrogens (tertiary/aromatic N) is 1. The first-order valence-corrected chi connectivity index (χ1v) is 8.32. The average Bonchev–Trinajstić information content (AvgIpc) is 2.55.